The van der Waals surface area contributed by atoms with Gasteiger partial charge in [-0.05, 0) is 24.0 Å². The molecule has 2 N–H and O–H groups in total. The maximum Gasteiger partial charge on any atom is 0.222 e. The van der Waals surface area contributed by atoms with Crippen molar-refractivity contribution in [3.63, 3.8) is 0 Å². The van der Waals surface area contributed by atoms with E-state index in [1.165, 1.54) is 11.1 Å². The Labute approximate surface area is 108 Å². The average molecular weight is 247 g/mol. The van der Waals surface area contributed by atoms with Crippen LogP contribution >= 0.6 is 0 Å². The van der Waals surface area contributed by atoms with Crippen molar-refractivity contribution in [1.29, 1.82) is 0 Å². The summed E-state index contributed by atoms with van der Waals surface area (Å²) in [4.78, 5) is 11.6. The number of hydrogen-bond donors (Lipinski definition) is 2. The van der Waals surface area contributed by atoms with Gasteiger partial charge in [0.05, 0.1) is 5.60 Å². The van der Waals surface area contributed by atoms with Crippen LogP contribution in [0.15, 0.2) is 24.3 Å². The van der Waals surface area contributed by atoms with Crippen LogP contribution < -0.4 is 5.32 Å². The van der Waals surface area contributed by atoms with Crippen LogP contribution in [0.25, 0.3) is 0 Å². The van der Waals surface area contributed by atoms with Crippen molar-refractivity contribution >= 4 is 5.91 Å². The predicted octanol–water partition coefficient (Wildman–Crippen LogP) is 1.68. The number of nitrogens with one attached hydrogen (secondary N) is 1. The summed E-state index contributed by atoms with van der Waals surface area (Å²) in [6, 6.07) is 8.20. The van der Waals surface area contributed by atoms with E-state index in [1.54, 1.807) is 0 Å². The molecule has 0 heterocycles. The number of aryl methyl sites for hydroxylation is 1. The maximum absolute atomic E-state index is 11.6. The Bertz CT molecular complexity index is 442. The molecule has 0 aromatic heterocycles. The zero-order valence-corrected chi connectivity index (χ0v) is 11.1. The largest absolute Gasteiger partial charge is 0.388 e. The van der Waals surface area contributed by atoms with Crippen LogP contribution in [0, 0.1) is 5.92 Å². The molecule has 3 nitrogen and oxygen atoms in total. The highest BCUT2D eigenvalue weighted by atomic mass is 16.3. The van der Waals surface area contributed by atoms with Crippen molar-refractivity contribution < 1.29 is 9.90 Å². The van der Waals surface area contributed by atoms with Gasteiger partial charge in [-0.2, -0.15) is 0 Å². The smallest absolute Gasteiger partial charge is 0.222 e. The van der Waals surface area contributed by atoms with Crippen LogP contribution in [0.5, 0.6) is 0 Å². The summed E-state index contributed by atoms with van der Waals surface area (Å²) < 4.78 is 0. The number of benzene rings is 1. The minimum atomic E-state index is -0.793. The maximum atomic E-state index is 11.6. The SMILES string of the molecule is CC(C)C(=O)NCC1(O)CCc2ccccc2C1. The Kier molecular flexibility index (Phi) is 3.71. The van der Waals surface area contributed by atoms with Crippen molar-refractivity contribution in [2.24, 2.45) is 5.92 Å². The molecule has 1 aromatic rings. The van der Waals surface area contributed by atoms with Crippen LogP contribution in [0.3, 0.4) is 0 Å². The van der Waals surface area contributed by atoms with Gasteiger partial charge in [0.15, 0.2) is 0 Å². The fraction of sp³-hybridized carbons (Fsp3) is 0.533. The highest BCUT2D eigenvalue weighted by molar-refractivity contribution is 5.77. The third kappa shape index (κ3) is 2.91. The van der Waals surface area contributed by atoms with Crippen molar-refractivity contribution in [3.05, 3.63) is 35.4 Å². The number of amides is 1. The van der Waals surface area contributed by atoms with E-state index >= 15 is 0 Å². The molecule has 0 fully saturated rings. The lowest BCUT2D eigenvalue weighted by Gasteiger charge is -2.33. The number of aliphatic hydroxyl groups is 1. The van der Waals surface area contributed by atoms with Crippen molar-refractivity contribution in [1.82, 2.24) is 5.32 Å². The molecule has 18 heavy (non-hydrogen) atoms. The molecule has 0 saturated carbocycles. The molecule has 0 saturated heterocycles. The molecule has 1 aromatic carbocycles. The molecule has 1 aliphatic rings. The summed E-state index contributed by atoms with van der Waals surface area (Å²) in [5.41, 5.74) is 1.72. The average Bonchev–Trinajstić information content (AvgIpc) is 2.35. The Morgan fingerprint density at radius 3 is 2.72 bits per heavy atom. The first-order valence-corrected chi connectivity index (χ1v) is 6.57. The molecule has 0 aliphatic heterocycles. The zero-order valence-electron chi connectivity index (χ0n) is 11.1. The molecular weight excluding hydrogens is 226 g/mol. The number of fused-ring (bicyclic) bond motifs is 1. The van der Waals surface area contributed by atoms with Gasteiger partial charge in [0.25, 0.3) is 0 Å². The predicted molar refractivity (Wildman–Crippen MR) is 71.3 cm³/mol. The molecular formula is C15H21NO2. The second kappa shape index (κ2) is 5.11. The lowest BCUT2D eigenvalue weighted by Crippen LogP contribution is -2.47. The van der Waals surface area contributed by atoms with E-state index < -0.39 is 5.60 Å². The monoisotopic (exact) mass is 247 g/mol. The molecule has 1 atom stereocenters. The lowest BCUT2D eigenvalue weighted by atomic mass is 9.80. The number of carbonyl (C=O) groups is 1. The second-order valence-electron chi connectivity index (χ2n) is 5.54. The summed E-state index contributed by atoms with van der Waals surface area (Å²) in [5.74, 6) is -0.0354. The van der Waals surface area contributed by atoms with E-state index in [0.717, 1.165) is 6.42 Å². The number of carbonyl (C=O) groups excluding carboxylic acids is 1. The Hall–Kier alpha value is -1.35. The summed E-state index contributed by atoms with van der Waals surface area (Å²) in [6.07, 6.45) is 2.22. The first-order valence-electron chi connectivity index (χ1n) is 6.57. The summed E-state index contributed by atoms with van der Waals surface area (Å²) >= 11 is 0. The molecule has 3 heteroatoms. The van der Waals surface area contributed by atoms with E-state index in [-0.39, 0.29) is 11.8 Å². The van der Waals surface area contributed by atoms with Crippen LogP contribution in [-0.4, -0.2) is 23.2 Å². The molecule has 98 valence electrons. The summed E-state index contributed by atoms with van der Waals surface area (Å²) in [5, 5.41) is 13.4. The van der Waals surface area contributed by atoms with E-state index in [1.807, 2.05) is 26.0 Å². The summed E-state index contributed by atoms with van der Waals surface area (Å²) in [7, 11) is 0. The third-order valence-corrected chi connectivity index (χ3v) is 3.61. The highest BCUT2D eigenvalue weighted by Crippen LogP contribution is 2.28. The minimum Gasteiger partial charge on any atom is -0.388 e. The topological polar surface area (TPSA) is 49.3 Å². The Morgan fingerprint density at radius 2 is 2.06 bits per heavy atom. The summed E-state index contributed by atoms with van der Waals surface area (Å²) in [6.45, 7) is 4.06. The Morgan fingerprint density at radius 1 is 1.39 bits per heavy atom. The molecule has 1 amide bonds. The molecule has 1 unspecified atom stereocenters. The molecule has 0 bridgehead atoms. The lowest BCUT2D eigenvalue weighted by molar-refractivity contribution is -0.125. The molecule has 0 radical (unpaired) electrons. The van der Waals surface area contributed by atoms with E-state index in [4.69, 9.17) is 0 Å². The van der Waals surface area contributed by atoms with Gasteiger partial charge in [0.2, 0.25) is 5.91 Å². The first-order chi connectivity index (χ1) is 8.50. The minimum absolute atomic E-state index is 0.00211. The van der Waals surface area contributed by atoms with Crippen LogP contribution in [-0.2, 0) is 17.6 Å². The van der Waals surface area contributed by atoms with Crippen LogP contribution in [0.1, 0.15) is 31.4 Å². The standard InChI is InChI=1S/C15H21NO2/c1-11(2)14(17)16-10-15(18)8-7-12-5-3-4-6-13(12)9-15/h3-6,11,18H,7-10H2,1-2H3,(H,16,17). The van der Waals surface area contributed by atoms with Gasteiger partial charge >= 0.3 is 0 Å². The van der Waals surface area contributed by atoms with E-state index in [2.05, 4.69) is 17.4 Å². The molecule has 0 spiro atoms. The van der Waals surface area contributed by atoms with Gasteiger partial charge < -0.3 is 10.4 Å². The van der Waals surface area contributed by atoms with E-state index in [9.17, 15) is 9.90 Å². The quantitative estimate of drug-likeness (QED) is 0.853. The van der Waals surface area contributed by atoms with Gasteiger partial charge in [-0.25, -0.2) is 0 Å². The van der Waals surface area contributed by atoms with Gasteiger partial charge in [-0.15, -0.1) is 0 Å². The Balaban J connectivity index is 2.00. The normalized spacial score (nSPS) is 22.7. The van der Waals surface area contributed by atoms with Crippen molar-refractivity contribution in [2.75, 3.05) is 6.54 Å². The van der Waals surface area contributed by atoms with Crippen LogP contribution in [0.2, 0.25) is 0 Å². The second-order valence-corrected chi connectivity index (χ2v) is 5.54. The van der Waals surface area contributed by atoms with Gasteiger partial charge in [0.1, 0.15) is 0 Å². The van der Waals surface area contributed by atoms with Gasteiger partial charge in [0, 0.05) is 18.9 Å². The van der Waals surface area contributed by atoms with Crippen LogP contribution in [0.4, 0.5) is 0 Å². The fourth-order valence-electron chi connectivity index (χ4n) is 2.39. The van der Waals surface area contributed by atoms with Gasteiger partial charge in [-0.1, -0.05) is 38.1 Å². The zero-order chi connectivity index (χ0) is 13.2. The van der Waals surface area contributed by atoms with Gasteiger partial charge in [-0.3, -0.25) is 4.79 Å². The van der Waals surface area contributed by atoms with E-state index in [0.29, 0.717) is 19.4 Å². The highest BCUT2D eigenvalue weighted by Gasteiger charge is 2.32. The third-order valence-electron chi connectivity index (χ3n) is 3.61. The molecule has 2 rings (SSSR count). The van der Waals surface area contributed by atoms with Crippen molar-refractivity contribution in [3.8, 4) is 0 Å². The van der Waals surface area contributed by atoms with Crippen molar-refractivity contribution in [2.45, 2.75) is 38.7 Å². The number of hydrogen-bond acceptors (Lipinski definition) is 2. The first kappa shape index (κ1) is 13.1. The fourth-order valence-corrected chi connectivity index (χ4v) is 2.39. The molecule has 1 aliphatic carbocycles. The number of rotatable bonds is 3.